The van der Waals surface area contributed by atoms with Crippen molar-refractivity contribution in [1.82, 2.24) is 9.55 Å². The Bertz CT molecular complexity index is 676. The van der Waals surface area contributed by atoms with Crippen LogP contribution in [-0.4, -0.2) is 46.1 Å². The molecule has 0 bridgehead atoms. The summed E-state index contributed by atoms with van der Waals surface area (Å²) in [4.78, 5) is 17.4. The Morgan fingerprint density at radius 2 is 2.41 bits per heavy atom. The summed E-state index contributed by atoms with van der Waals surface area (Å²) in [6.07, 6.45) is -3.82. The molecule has 0 amide bonds. The number of aliphatic hydroxyl groups excluding tert-OH is 1. The fraction of sp³-hybridized carbons (Fsp3) is 0.600. The standard InChI is InChI=1S/C10H12F2N6O4/c1-21-4-9(16-17-14)6(19)10(11,12)7(22-9)18-3-2-5(13)15-8(18)20/h2-3,6-7,19H,4H2,1H3,(H2,13,15,20)/t6-,7-,9-/m1/s1. The predicted molar refractivity (Wildman–Crippen MR) is 67.7 cm³/mol. The van der Waals surface area contributed by atoms with Crippen molar-refractivity contribution in [3.8, 4) is 0 Å². The summed E-state index contributed by atoms with van der Waals surface area (Å²) in [6.45, 7) is -0.637. The van der Waals surface area contributed by atoms with E-state index in [2.05, 4.69) is 19.7 Å². The maximum absolute atomic E-state index is 14.3. The van der Waals surface area contributed by atoms with Gasteiger partial charge in [0.1, 0.15) is 5.82 Å². The molecular formula is C10H12F2N6O4. The Morgan fingerprint density at radius 1 is 1.73 bits per heavy atom. The molecule has 0 aromatic carbocycles. The van der Waals surface area contributed by atoms with Crippen LogP contribution < -0.4 is 11.4 Å². The van der Waals surface area contributed by atoms with Crippen LogP contribution in [0.25, 0.3) is 10.4 Å². The van der Waals surface area contributed by atoms with Crippen LogP contribution in [0.1, 0.15) is 6.23 Å². The number of methoxy groups -OCH3 is 1. The Kier molecular flexibility index (Phi) is 4.02. The molecule has 1 aliphatic heterocycles. The van der Waals surface area contributed by atoms with Gasteiger partial charge >= 0.3 is 11.6 Å². The van der Waals surface area contributed by atoms with Crippen LogP contribution in [-0.2, 0) is 9.47 Å². The summed E-state index contributed by atoms with van der Waals surface area (Å²) in [5, 5.41) is 12.9. The Hall–Kier alpha value is -2.27. The lowest BCUT2D eigenvalue weighted by atomic mass is 10.1. The SMILES string of the molecule is COC[C@@]1(N=[N+]=[N-])O[C@@H](n2ccc(N)nc2=O)C(F)(F)[C@@H]1O. The summed E-state index contributed by atoms with van der Waals surface area (Å²) < 4.78 is 38.7. The van der Waals surface area contributed by atoms with Gasteiger partial charge in [0, 0.05) is 18.2 Å². The van der Waals surface area contributed by atoms with E-state index in [0.29, 0.717) is 4.57 Å². The summed E-state index contributed by atoms with van der Waals surface area (Å²) in [7, 11) is 1.15. The molecule has 0 radical (unpaired) electrons. The molecule has 0 unspecified atom stereocenters. The first kappa shape index (κ1) is 16.1. The second-order valence-corrected chi connectivity index (χ2v) is 4.56. The average molecular weight is 318 g/mol. The molecule has 1 aromatic heterocycles. The molecule has 0 aliphatic carbocycles. The van der Waals surface area contributed by atoms with Gasteiger partial charge in [-0.1, -0.05) is 5.11 Å². The van der Waals surface area contributed by atoms with Gasteiger partial charge in [-0.25, -0.2) is 4.79 Å². The first-order valence-corrected chi connectivity index (χ1v) is 5.92. The summed E-state index contributed by atoms with van der Waals surface area (Å²) >= 11 is 0. The Labute approximate surface area is 121 Å². The van der Waals surface area contributed by atoms with Gasteiger partial charge in [-0.05, 0) is 11.6 Å². The maximum Gasteiger partial charge on any atom is 0.351 e. The van der Waals surface area contributed by atoms with Crippen molar-refractivity contribution in [2.45, 2.75) is 24.0 Å². The smallest absolute Gasteiger partial charge is 0.351 e. The van der Waals surface area contributed by atoms with E-state index in [0.717, 1.165) is 19.4 Å². The second kappa shape index (κ2) is 5.50. The lowest BCUT2D eigenvalue weighted by Crippen LogP contribution is -2.47. The third kappa shape index (κ3) is 2.37. The normalized spacial score (nSPS) is 30.0. The molecule has 2 rings (SSSR count). The molecule has 22 heavy (non-hydrogen) atoms. The van der Waals surface area contributed by atoms with Crippen LogP contribution in [0.5, 0.6) is 0 Å². The van der Waals surface area contributed by atoms with Gasteiger partial charge in [0.15, 0.2) is 6.10 Å². The highest BCUT2D eigenvalue weighted by Crippen LogP contribution is 2.48. The average Bonchev–Trinajstić information content (AvgIpc) is 2.62. The predicted octanol–water partition coefficient (Wildman–Crippen LogP) is 0.00350. The molecule has 12 heteroatoms. The van der Waals surface area contributed by atoms with Crippen LogP contribution in [0.2, 0.25) is 0 Å². The Morgan fingerprint density at radius 3 is 2.95 bits per heavy atom. The van der Waals surface area contributed by atoms with E-state index >= 15 is 0 Å². The molecule has 3 N–H and O–H groups in total. The number of nitrogens with two attached hydrogens (primary N) is 1. The zero-order valence-corrected chi connectivity index (χ0v) is 11.3. The molecule has 1 saturated heterocycles. The molecular weight excluding hydrogens is 306 g/mol. The minimum atomic E-state index is -3.94. The fourth-order valence-corrected chi connectivity index (χ4v) is 2.12. The largest absolute Gasteiger partial charge is 0.383 e. The van der Waals surface area contributed by atoms with E-state index in [1.807, 2.05) is 0 Å². The lowest BCUT2D eigenvalue weighted by Gasteiger charge is -2.25. The van der Waals surface area contributed by atoms with Crippen molar-refractivity contribution in [2.75, 3.05) is 19.5 Å². The molecule has 0 spiro atoms. The van der Waals surface area contributed by atoms with Crippen molar-refractivity contribution in [1.29, 1.82) is 0 Å². The molecule has 10 nitrogen and oxygen atoms in total. The number of rotatable bonds is 4. The number of hydrogen-bond acceptors (Lipinski definition) is 7. The summed E-state index contributed by atoms with van der Waals surface area (Å²) in [6, 6.07) is 1.11. The van der Waals surface area contributed by atoms with Crippen LogP contribution in [0.15, 0.2) is 22.2 Å². The number of halogens is 2. The van der Waals surface area contributed by atoms with Gasteiger partial charge in [-0.15, -0.1) is 0 Å². The van der Waals surface area contributed by atoms with Crippen molar-refractivity contribution in [3.05, 3.63) is 33.2 Å². The van der Waals surface area contributed by atoms with E-state index in [4.69, 9.17) is 16.0 Å². The van der Waals surface area contributed by atoms with Crippen LogP contribution in [0, 0.1) is 0 Å². The number of nitrogen functional groups attached to an aromatic ring is 1. The van der Waals surface area contributed by atoms with Gasteiger partial charge in [0.25, 0.3) is 0 Å². The van der Waals surface area contributed by atoms with Crippen molar-refractivity contribution in [2.24, 2.45) is 5.11 Å². The highest BCUT2D eigenvalue weighted by atomic mass is 19.3. The van der Waals surface area contributed by atoms with Gasteiger partial charge in [0.2, 0.25) is 12.0 Å². The van der Waals surface area contributed by atoms with E-state index in [-0.39, 0.29) is 5.82 Å². The number of alkyl halides is 2. The minimum Gasteiger partial charge on any atom is -0.383 e. The fourth-order valence-electron chi connectivity index (χ4n) is 2.12. The molecule has 0 saturated carbocycles. The van der Waals surface area contributed by atoms with Crippen molar-refractivity contribution < 1.29 is 23.4 Å². The number of ether oxygens (including phenoxy) is 2. The van der Waals surface area contributed by atoms with E-state index in [9.17, 15) is 18.7 Å². The van der Waals surface area contributed by atoms with E-state index < -0.39 is 36.3 Å². The van der Waals surface area contributed by atoms with E-state index in [1.165, 1.54) is 0 Å². The lowest BCUT2D eigenvalue weighted by molar-refractivity contribution is -0.146. The third-order valence-electron chi connectivity index (χ3n) is 3.11. The van der Waals surface area contributed by atoms with Crippen LogP contribution in [0.3, 0.4) is 0 Å². The van der Waals surface area contributed by atoms with Gasteiger partial charge in [0.05, 0.1) is 6.61 Å². The highest BCUT2D eigenvalue weighted by Gasteiger charge is 2.67. The third-order valence-corrected chi connectivity index (χ3v) is 3.11. The topological polar surface area (TPSA) is 148 Å². The Balaban J connectivity index is 2.54. The zero-order valence-electron chi connectivity index (χ0n) is 11.3. The van der Waals surface area contributed by atoms with Gasteiger partial charge < -0.3 is 20.3 Å². The molecule has 120 valence electrons. The van der Waals surface area contributed by atoms with Crippen molar-refractivity contribution >= 4 is 5.82 Å². The molecule has 3 atom stereocenters. The number of anilines is 1. The first-order chi connectivity index (χ1) is 10.3. The highest BCUT2D eigenvalue weighted by molar-refractivity contribution is 5.24. The number of azide groups is 1. The van der Waals surface area contributed by atoms with Crippen molar-refractivity contribution in [3.63, 3.8) is 0 Å². The summed E-state index contributed by atoms with van der Waals surface area (Å²) in [5.74, 6) is -4.10. The number of aliphatic hydroxyl groups is 1. The van der Waals surface area contributed by atoms with Gasteiger partial charge in [-0.2, -0.15) is 13.8 Å². The second-order valence-electron chi connectivity index (χ2n) is 4.56. The first-order valence-electron chi connectivity index (χ1n) is 5.92. The number of hydrogen-bond donors (Lipinski definition) is 2. The number of aromatic nitrogens is 2. The quantitative estimate of drug-likeness (QED) is 0.453. The molecule has 2 heterocycles. The van der Waals surface area contributed by atoms with E-state index in [1.54, 1.807) is 0 Å². The van der Waals surface area contributed by atoms with Crippen LogP contribution >= 0.6 is 0 Å². The zero-order chi connectivity index (χ0) is 16.5. The minimum absolute atomic E-state index is 0.165. The summed E-state index contributed by atoms with van der Waals surface area (Å²) in [5.41, 5.74) is 10.3. The van der Waals surface area contributed by atoms with Gasteiger partial charge in [-0.3, -0.25) is 4.57 Å². The number of nitrogens with zero attached hydrogens (tertiary/aromatic N) is 5. The molecule has 1 aromatic rings. The maximum atomic E-state index is 14.3. The monoisotopic (exact) mass is 318 g/mol. The van der Waals surface area contributed by atoms with Crippen LogP contribution in [0.4, 0.5) is 14.6 Å². The molecule has 1 aliphatic rings. The molecule has 1 fully saturated rings.